The molecule has 0 bridgehead atoms. The van der Waals surface area contributed by atoms with E-state index >= 15 is 0 Å². The molecule has 1 unspecified atom stereocenters. The zero-order valence-electron chi connectivity index (χ0n) is 9.81. The van der Waals surface area contributed by atoms with Crippen LogP contribution in [0.15, 0.2) is 24.5 Å². The predicted octanol–water partition coefficient (Wildman–Crippen LogP) is 1.33. The third kappa shape index (κ3) is 2.98. The van der Waals surface area contributed by atoms with Gasteiger partial charge >= 0.3 is 0 Å². The molecule has 1 amide bonds. The molecule has 2 rings (SSSR count). The van der Waals surface area contributed by atoms with E-state index in [1.54, 1.807) is 31.6 Å². The third-order valence-corrected chi connectivity index (χ3v) is 4.24. The molecule has 4 nitrogen and oxygen atoms in total. The highest BCUT2D eigenvalue weighted by Gasteiger charge is 2.34. The molecule has 1 fully saturated rings. The first-order valence-electron chi connectivity index (χ1n) is 5.57. The second-order valence-corrected chi connectivity index (χ2v) is 5.21. The highest BCUT2D eigenvalue weighted by atomic mass is 32.2. The Morgan fingerprint density at radius 2 is 2.35 bits per heavy atom. The van der Waals surface area contributed by atoms with Crippen molar-refractivity contribution >= 4 is 17.7 Å². The van der Waals surface area contributed by atoms with E-state index in [-0.39, 0.29) is 11.5 Å². The fourth-order valence-electron chi connectivity index (χ4n) is 1.81. The molecule has 92 valence electrons. The van der Waals surface area contributed by atoms with E-state index in [0.29, 0.717) is 12.1 Å². The Balaban J connectivity index is 1.92. The molecule has 5 heteroatoms. The van der Waals surface area contributed by atoms with Gasteiger partial charge < -0.3 is 10.1 Å². The van der Waals surface area contributed by atoms with Crippen LogP contribution in [0.5, 0.6) is 0 Å². The fourth-order valence-corrected chi connectivity index (χ4v) is 3.20. The summed E-state index contributed by atoms with van der Waals surface area (Å²) in [5, 5.41) is 2.93. The number of nitrogens with one attached hydrogen (secondary N) is 1. The van der Waals surface area contributed by atoms with Gasteiger partial charge in [-0.15, -0.1) is 0 Å². The van der Waals surface area contributed by atoms with Gasteiger partial charge in [-0.3, -0.25) is 9.78 Å². The average molecular weight is 252 g/mol. The molecule has 0 aliphatic carbocycles. The molecule has 17 heavy (non-hydrogen) atoms. The van der Waals surface area contributed by atoms with Crippen LogP contribution in [0.4, 0.5) is 0 Å². The van der Waals surface area contributed by atoms with Crippen molar-refractivity contribution in [2.75, 3.05) is 25.2 Å². The zero-order valence-corrected chi connectivity index (χ0v) is 10.6. The summed E-state index contributed by atoms with van der Waals surface area (Å²) in [4.78, 5) is 15.7. The van der Waals surface area contributed by atoms with Crippen molar-refractivity contribution in [3.8, 4) is 0 Å². The number of methoxy groups -OCH3 is 1. The smallest absolute Gasteiger partial charge is 0.251 e. The monoisotopic (exact) mass is 252 g/mol. The molecular weight excluding hydrogens is 236 g/mol. The summed E-state index contributed by atoms with van der Waals surface area (Å²) in [6, 6.07) is 3.41. The topological polar surface area (TPSA) is 51.2 Å². The minimum atomic E-state index is -0.187. The summed E-state index contributed by atoms with van der Waals surface area (Å²) < 4.78 is 5.54. The van der Waals surface area contributed by atoms with Gasteiger partial charge in [-0.05, 0) is 24.3 Å². The summed E-state index contributed by atoms with van der Waals surface area (Å²) in [6.45, 7) is 0.567. The summed E-state index contributed by atoms with van der Waals surface area (Å²) in [5.41, 5.74) is 0.449. The predicted molar refractivity (Wildman–Crippen MR) is 68.3 cm³/mol. The molecule has 1 saturated heterocycles. The number of thioether (sulfide) groups is 1. The van der Waals surface area contributed by atoms with Crippen LogP contribution in [-0.2, 0) is 4.74 Å². The van der Waals surface area contributed by atoms with Gasteiger partial charge in [0.05, 0.1) is 5.60 Å². The van der Waals surface area contributed by atoms with Gasteiger partial charge in [0.25, 0.3) is 5.91 Å². The Kier molecular flexibility index (Phi) is 4.02. The van der Waals surface area contributed by atoms with Crippen molar-refractivity contribution in [2.45, 2.75) is 12.0 Å². The quantitative estimate of drug-likeness (QED) is 0.878. The lowest BCUT2D eigenvalue weighted by Gasteiger charge is -2.26. The maximum Gasteiger partial charge on any atom is 0.251 e. The lowest BCUT2D eigenvalue weighted by atomic mass is 10.0. The van der Waals surface area contributed by atoms with E-state index in [1.165, 1.54) is 0 Å². The Morgan fingerprint density at radius 1 is 1.59 bits per heavy atom. The summed E-state index contributed by atoms with van der Waals surface area (Å²) in [5.74, 6) is 1.97. The third-order valence-electron chi connectivity index (χ3n) is 3.01. The van der Waals surface area contributed by atoms with E-state index in [1.807, 2.05) is 11.8 Å². The first kappa shape index (κ1) is 12.4. The van der Waals surface area contributed by atoms with Crippen molar-refractivity contribution in [1.82, 2.24) is 10.3 Å². The molecule has 1 atom stereocenters. The van der Waals surface area contributed by atoms with E-state index in [9.17, 15) is 4.79 Å². The molecule has 1 aliphatic rings. The van der Waals surface area contributed by atoms with Crippen molar-refractivity contribution < 1.29 is 9.53 Å². The SMILES string of the molecule is COC1(CNC(=O)c2ccncc2)CCSC1. The van der Waals surface area contributed by atoms with E-state index in [4.69, 9.17) is 4.74 Å². The van der Waals surface area contributed by atoms with Gasteiger partial charge in [-0.2, -0.15) is 11.8 Å². The van der Waals surface area contributed by atoms with Crippen LogP contribution in [0.25, 0.3) is 0 Å². The van der Waals surface area contributed by atoms with Crippen molar-refractivity contribution in [3.05, 3.63) is 30.1 Å². The molecule has 1 aliphatic heterocycles. The van der Waals surface area contributed by atoms with E-state index in [2.05, 4.69) is 10.3 Å². The zero-order chi connectivity index (χ0) is 12.1. The normalized spacial score (nSPS) is 23.6. The summed E-state index contributed by atoms with van der Waals surface area (Å²) in [7, 11) is 1.71. The van der Waals surface area contributed by atoms with Gasteiger partial charge in [0, 0.05) is 37.4 Å². The number of carbonyl (C=O) groups excluding carboxylic acids is 1. The van der Waals surface area contributed by atoms with Gasteiger partial charge in [0.2, 0.25) is 0 Å². The second-order valence-electron chi connectivity index (χ2n) is 4.11. The number of hydrogen-bond acceptors (Lipinski definition) is 4. The Labute approximate surface area is 105 Å². The number of nitrogens with zero attached hydrogens (tertiary/aromatic N) is 1. The minimum Gasteiger partial charge on any atom is -0.376 e. The molecule has 0 radical (unpaired) electrons. The number of pyridine rings is 1. The van der Waals surface area contributed by atoms with Gasteiger partial charge in [-0.25, -0.2) is 0 Å². The number of ether oxygens (including phenoxy) is 1. The van der Waals surface area contributed by atoms with Crippen molar-refractivity contribution in [1.29, 1.82) is 0 Å². The molecular formula is C12H16N2O2S. The largest absolute Gasteiger partial charge is 0.376 e. The van der Waals surface area contributed by atoms with Crippen LogP contribution in [-0.4, -0.2) is 41.7 Å². The lowest BCUT2D eigenvalue weighted by Crippen LogP contribution is -2.44. The molecule has 1 aromatic rings. The molecule has 1 N–H and O–H groups in total. The first-order chi connectivity index (χ1) is 8.26. The fraction of sp³-hybridized carbons (Fsp3) is 0.500. The number of amides is 1. The highest BCUT2D eigenvalue weighted by Crippen LogP contribution is 2.30. The lowest BCUT2D eigenvalue weighted by molar-refractivity contribution is 0.0137. The number of rotatable bonds is 4. The summed E-state index contributed by atoms with van der Waals surface area (Å²) >= 11 is 1.87. The van der Waals surface area contributed by atoms with Crippen LogP contribution in [0.3, 0.4) is 0 Å². The molecule has 0 spiro atoms. The number of aromatic nitrogens is 1. The maximum atomic E-state index is 11.9. The van der Waals surface area contributed by atoms with Crippen molar-refractivity contribution in [3.63, 3.8) is 0 Å². The molecule has 2 heterocycles. The van der Waals surface area contributed by atoms with Crippen LogP contribution >= 0.6 is 11.8 Å². The Bertz CT molecular complexity index is 377. The molecule has 1 aromatic heterocycles. The first-order valence-corrected chi connectivity index (χ1v) is 6.72. The van der Waals surface area contributed by atoms with Gasteiger partial charge in [0.15, 0.2) is 0 Å². The summed E-state index contributed by atoms with van der Waals surface area (Å²) in [6.07, 6.45) is 4.23. The van der Waals surface area contributed by atoms with Crippen LogP contribution in [0.1, 0.15) is 16.8 Å². The Hall–Kier alpha value is -1.07. The van der Waals surface area contributed by atoms with Gasteiger partial charge in [0.1, 0.15) is 0 Å². The minimum absolute atomic E-state index is 0.0688. The van der Waals surface area contributed by atoms with E-state index in [0.717, 1.165) is 17.9 Å². The van der Waals surface area contributed by atoms with Gasteiger partial charge in [-0.1, -0.05) is 0 Å². The highest BCUT2D eigenvalue weighted by molar-refractivity contribution is 7.99. The van der Waals surface area contributed by atoms with Crippen molar-refractivity contribution in [2.24, 2.45) is 0 Å². The van der Waals surface area contributed by atoms with Crippen LogP contribution in [0.2, 0.25) is 0 Å². The molecule has 0 saturated carbocycles. The second kappa shape index (κ2) is 5.51. The number of carbonyl (C=O) groups is 1. The standard InChI is InChI=1S/C12H16N2O2S/c1-16-12(4-7-17-9-12)8-14-11(15)10-2-5-13-6-3-10/h2-3,5-6H,4,7-9H2,1H3,(H,14,15). The average Bonchev–Trinajstić information content (AvgIpc) is 2.86. The van der Waals surface area contributed by atoms with Crippen LogP contribution in [0, 0.1) is 0 Å². The molecule has 0 aromatic carbocycles. The Morgan fingerprint density at radius 3 is 2.94 bits per heavy atom. The maximum absolute atomic E-state index is 11.9. The van der Waals surface area contributed by atoms with E-state index < -0.39 is 0 Å². The van der Waals surface area contributed by atoms with Crippen LogP contribution < -0.4 is 5.32 Å². The number of hydrogen-bond donors (Lipinski definition) is 1.